The SMILES string of the molecule is COc1ccc(Cl)cc1NC(=O)N1CCc2cc(OC)c(OC)cc2[C@H]1CC(=O)O. The molecule has 160 valence electrons. The number of carbonyl (C=O) groups is 2. The van der Waals surface area contributed by atoms with Gasteiger partial charge >= 0.3 is 12.0 Å². The van der Waals surface area contributed by atoms with E-state index in [1.54, 1.807) is 31.4 Å². The normalized spacial score (nSPS) is 15.2. The van der Waals surface area contributed by atoms with Crippen LogP contribution in [0.2, 0.25) is 5.02 Å². The van der Waals surface area contributed by atoms with E-state index in [2.05, 4.69) is 5.32 Å². The molecule has 0 spiro atoms. The molecule has 30 heavy (non-hydrogen) atoms. The number of hydrogen-bond donors (Lipinski definition) is 2. The monoisotopic (exact) mass is 434 g/mol. The topological polar surface area (TPSA) is 97.3 Å². The van der Waals surface area contributed by atoms with Crippen LogP contribution >= 0.6 is 11.6 Å². The van der Waals surface area contributed by atoms with E-state index in [0.717, 1.165) is 11.1 Å². The number of halogens is 1. The van der Waals surface area contributed by atoms with Crippen LogP contribution in [0.25, 0.3) is 0 Å². The number of hydrogen-bond acceptors (Lipinski definition) is 5. The Bertz CT molecular complexity index is 965. The van der Waals surface area contributed by atoms with Crippen LogP contribution in [0.4, 0.5) is 10.5 Å². The summed E-state index contributed by atoms with van der Waals surface area (Å²) in [5.74, 6) is 0.476. The van der Waals surface area contributed by atoms with Gasteiger partial charge in [0, 0.05) is 11.6 Å². The Balaban J connectivity index is 1.96. The molecular weight excluding hydrogens is 412 g/mol. The van der Waals surface area contributed by atoms with Crippen LogP contribution in [0.1, 0.15) is 23.6 Å². The summed E-state index contributed by atoms with van der Waals surface area (Å²) in [4.78, 5) is 26.2. The van der Waals surface area contributed by atoms with Crippen molar-refractivity contribution in [3.63, 3.8) is 0 Å². The summed E-state index contributed by atoms with van der Waals surface area (Å²) in [6.45, 7) is 0.342. The lowest BCUT2D eigenvalue weighted by atomic mass is 9.90. The summed E-state index contributed by atoms with van der Waals surface area (Å²) >= 11 is 6.05. The van der Waals surface area contributed by atoms with Gasteiger partial charge in [-0.2, -0.15) is 0 Å². The van der Waals surface area contributed by atoms with Crippen LogP contribution in [0.5, 0.6) is 17.2 Å². The number of amides is 2. The molecule has 2 aromatic carbocycles. The summed E-state index contributed by atoms with van der Waals surface area (Å²) in [5, 5.41) is 12.7. The fourth-order valence-corrected chi connectivity index (χ4v) is 3.79. The number of benzene rings is 2. The first-order chi connectivity index (χ1) is 14.4. The Morgan fingerprint density at radius 2 is 1.77 bits per heavy atom. The van der Waals surface area contributed by atoms with Crippen LogP contribution in [0.3, 0.4) is 0 Å². The lowest BCUT2D eigenvalue weighted by molar-refractivity contribution is -0.138. The second kappa shape index (κ2) is 9.13. The molecule has 0 aromatic heterocycles. The molecule has 1 aliphatic rings. The van der Waals surface area contributed by atoms with Gasteiger partial charge in [0.25, 0.3) is 0 Å². The van der Waals surface area contributed by atoms with Gasteiger partial charge in [-0.3, -0.25) is 4.79 Å². The number of methoxy groups -OCH3 is 3. The average molecular weight is 435 g/mol. The van der Waals surface area contributed by atoms with Crippen LogP contribution in [-0.4, -0.2) is 49.9 Å². The number of nitrogens with zero attached hydrogens (tertiary/aromatic N) is 1. The summed E-state index contributed by atoms with van der Waals surface area (Å²) in [6, 6.07) is 7.34. The van der Waals surface area contributed by atoms with E-state index >= 15 is 0 Å². The van der Waals surface area contributed by atoms with E-state index < -0.39 is 18.0 Å². The molecule has 9 heteroatoms. The van der Waals surface area contributed by atoms with Gasteiger partial charge in [-0.25, -0.2) is 4.79 Å². The van der Waals surface area contributed by atoms with E-state index in [1.807, 2.05) is 6.07 Å². The van der Waals surface area contributed by atoms with Crippen LogP contribution in [0, 0.1) is 0 Å². The zero-order valence-corrected chi connectivity index (χ0v) is 17.7. The number of aliphatic carboxylic acids is 1. The molecule has 2 amide bonds. The quantitative estimate of drug-likeness (QED) is 0.713. The summed E-state index contributed by atoms with van der Waals surface area (Å²) < 4.78 is 16.0. The number of rotatable bonds is 6. The maximum Gasteiger partial charge on any atom is 0.322 e. The third-order valence-electron chi connectivity index (χ3n) is 5.03. The molecule has 0 saturated carbocycles. The van der Waals surface area contributed by atoms with Crippen molar-refractivity contribution in [3.8, 4) is 17.2 Å². The standard InChI is InChI=1S/C21H23ClN2O6/c1-28-17-5-4-13(22)9-15(17)23-21(27)24-7-6-12-8-18(29-2)19(30-3)10-14(12)16(24)11-20(25)26/h4-5,8-10,16H,6-7,11H2,1-3H3,(H,23,27)(H,25,26)/t16-/m1/s1. The van der Waals surface area contributed by atoms with E-state index in [1.165, 1.54) is 19.1 Å². The highest BCUT2D eigenvalue weighted by atomic mass is 35.5. The number of carboxylic acids is 1. The number of ether oxygens (including phenoxy) is 3. The average Bonchev–Trinajstić information content (AvgIpc) is 2.72. The minimum absolute atomic E-state index is 0.247. The predicted octanol–water partition coefficient (Wildman–Crippen LogP) is 3.97. The zero-order chi connectivity index (χ0) is 21.8. The summed E-state index contributed by atoms with van der Waals surface area (Å²) in [6.07, 6.45) is 0.300. The first kappa shape index (κ1) is 21.6. The minimum Gasteiger partial charge on any atom is -0.495 e. The van der Waals surface area contributed by atoms with E-state index in [-0.39, 0.29) is 6.42 Å². The van der Waals surface area contributed by atoms with Gasteiger partial charge < -0.3 is 29.5 Å². The second-order valence-corrected chi connectivity index (χ2v) is 7.17. The van der Waals surface area contributed by atoms with Gasteiger partial charge in [0.1, 0.15) is 5.75 Å². The highest BCUT2D eigenvalue weighted by molar-refractivity contribution is 6.31. The molecule has 0 aliphatic carbocycles. The highest BCUT2D eigenvalue weighted by Crippen LogP contribution is 2.40. The van der Waals surface area contributed by atoms with Gasteiger partial charge in [0.05, 0.1) is 39.5 Å². The third-order valence-corrected chi connectivity index (χ3v) is 5.27. The number of urea groups is 1. The van der Waals surface area contributed by atoms with Crippen LogP contribution < -0.4 is 19.5 Å². The molecule has 1 aliphatic heterocycles. The number of carboxylic acid groups (broad SMARTS) is 1. The number of fused-ring (bicyclic) bond motifs is 1. The first-order valence-corrected chi connectivity index (χ1v) is 9.63. The van der Waals surface area contributed by atoms with Gasteiger partial charge in [-0.1, -0.05) is 11.6 Å². The first-order valence-electron chi connectivity index (χ1n) is 9.25. The van der Waals surface area contributed by atoms with Crippen molar-refractivity contribution in [2.24, 2.45) is 0 Å². The van der Waals surface area contributed by atoms with Gasteiger partial charge in [0.2, 0.25) is 0 Å². The smallest absolute Gasteiger partial charge is 0.322 e. The Morgan fingerprint density at radius 3 is 2.40 bits per heavy atom. The zero-order valence-electron chi connectivity index (χ0n) is 16.9. The molecule has 1 heterocycles. The van der Waals surface area contributed by atoms with Crippen molar-refractivity contribution in [3.05, 3.63) is 46.5 Å². The Kier molecular flexibility index (Phi) is 6.56. The van der Waals surface area contributed by atoms with Crippen molar-refractivity contribution >= 4 is 29.3 Å². The predicted molar refractivity (Wildman–Crippen MR) is 112 cm³/mol. The van der Waals surface area contributed by atoms with Crippen LogP contribution in [-0.2, 0) is 11.2 Å². The van der Waals surface area contributed by atoms with E-state index in [9.17, 15) is 14.7 Å². The molecule has 1 atom stereocenters. The second-order valence-electron chi connectivity index (χ2n) is 6.74. The van der Waals surface area contributed by atoms with E-state index in [0.29, 0.717) is 40.9 Å². The largest absolute Gasteiger partial charge is 0.495 e. The molecule has 3 rings (SSSR count). The summed E-state index contributed by atoms with van der Waals surface area (Å²) in [5.41, 5.74) is 2.04. The lowest BCUT2D eigenvalue weighted by Gasteiger charge is -2.37. The Hall–Kier alpha value is -3.13. The van der Waals surface area contributed by atoms with Crippen molar-refractivity contribution in [2.45, 2.75) is 18.9 Å². The third kappa shape index (κ3) is 4.38. The number of nitrogens with one attached hydrogen (secondary N) is 1. The van der Waals surface area contributed by atoms with Crippen molar-refractivity contribution < 1.29 is 28.9 Å². The molecule has 0 radical (unpaired) electrons. The molecule has 0 bridgehead atoms. The Labute approximate surface area is 179 Å². The molecule has 8 nitrogen and oxygen atoms in total. The van der Waals surface area contributed by atoms with E-state index in [4.69, 9.17) is 25.8 Å². The molecule has 0 saturated heterocycles. The fourth-order valence-electron chi connectivity index (χ4n) is 3.62. The number of anilines is 1. The van der Waals surface area contributed by atoms with Gasteiger partial charge in [-0.05, 0) is 47.9 Å². The molecule has 0 fully saturated rings. The Morgan fingerprint density at radius 1 is 1.10 bits per heavy atom. The molecule has 2 N–H and O–H groups in total. The van der Waals surface area contributed by atoms with Crippen molar-refractivity contribution in [2.75, 3.05) is 33.2 Å². The van der Waals surface area contributed by atoms with Crippen LogP contribution in [0.15, 0.2) is 30.3 Å². The maximum atomic E-state index is 13.1. The maximum absolute atomic E-state index is 13.1. The van der Waals surface area contributed by atoms with Gasteiger partial charge in [0.15, 0.2) is 11.5 Å². The lowest BCUT2D eigenvalue weighted by Crippen LogP contribution is -2.43. The van der Waals surface area contributed by atoms with Crippen molar-refractivity contribution in [1.29, 1.82) is 0 Å². The summed E-state index contributed by atoms with van der Waals surface area (Å²) in [7, 11) is 4.54. The number of carbonyl (C=O) groups excluding carboxylic acids is 1. The highest BCUT2D eigenvalue weighted by Gasteiger charge is 2.34. The van der Waals surface area contributed by atoms with Gasteiger partial charge in [-0.15, -0.1) is 0 Å². The molecular formula is C21H23ClN2O6. The minimum atomic E-state index is -1.01. The molecule has 2 aromatic rings. The fraction of sp³-hybridized carbons (Fsp3) is 0.333. The molecule has 0 unspecified atom stereocenters. The van der Waals surface area contributed by atoms with Crippen molar-refractivity contribution in [1.82, 2.24) is 4.90 Å².